The molecular weight excluding hydrogens is 426 g/mol. The van der Waals surface area contributed by atoms with E-state index in [2.05, 4.69) is 6.92 Å². The fourth-order valence-electron chi connectivity index (χ4n) is 4.28. The van der Waals surface area contributed by atoms with E-state index in [-0.39, 0.29) is 18.6 Å². The summed E-state index contributed by atoms with van der Waals surface area (Å²) in [4.78, 5) is 26.4. The molecule has 0 fully saturated rings. The molecule has 0 unspecified atom stereocenters. The third-order valence-electron chi connectivity index (χ3n) is 6.34. The molecule has 0 aromatic heterocycles. The lowest BCUT2D eigenvalue weighted by Crippen LogP contribution is -2.37. The summed E-state index contributed by atoms with van der Waals surface area (Å²) in [7, 11) is 0. The zero-order chi connectivity index (χ0) is 24.0. The molecule has 0 saturated carbocycles. The fraction of sp³-hybridized carbons (Fsp3) is 0.517. The van der Waals surface area contributed by atoms with Crippen LogP contribution in [0, 0.1) is 0 Å². The van der Waals surface area contributed by atoms with Crippen molar-refractivity contribution in [3.05, 3.63) is 59.7 Å². The third kappa shape index (κ3) is 8.51. The van der Waals surface area contributed by atoms with Crippen LogP contribution in [-0.2, 0) is 27.4 Å². The van der Waals surface area contributed by atoms with Gasteiger partial charge in [-0.1, -0.05) is 94.7 Å². The van der Waals surface area contributed by atoms with E-state index in [0.717, 1.165) is 29.7 Å². The quantitative estimate of drug-likeness (QED) is 0.211. The maximum absolute atomic E-state index is 12.6. The minimum atomic E-state index is -0.237. The second-order valence-corrected chi connectivity index (χ2v) is 9.11. The Labute approximate surface area is 204 Å². The van der Waals surface area contributed by atoms with Crippen LogP contribution in [-0.4, -0.2) is 18.6 Å². The number of hydrogen-bond donors (Lipinski definition) is 0. The predicted octanol–water partition coefficient (Wildman–Crippen LogP) is 6.97. The van der Waals surface area contributed by atoms with Gasteiger partial charge in [0, 0.05) is 18.9 Å². The van der Waals surface area contributed by atoms with Crippen molar-refractivity contribution in [2.75, 3.05) is 11.6 Å². The molecule has 1 aliphatic heterocycles. The molecule has 0 saturated heterocycles. The van der Waals surface area contributed by atoms with Gasteiger partial charge in [0.1, 0.15) is 12.4 Å². The van der Waals surface area contributed by atoms with Gasteiger partial charge in [-0.2, -0.15) is 0 Å². The summed E-state index contributed by atoms with van der Waals surface area (Å²) in [5.74, 6) is 0.436. The van der Waals surface area contributed by atoms with Gasteiger partial charge in [0.25, 0.3) is 0 Å². The number of amides is 1. The van der Waals surface area contributed by atoms with Crippen molar-refractivity contribution >= 4 is 17.6 Å². The molecule has 0 spiro atoms. The van der Waals surface area contributed by atoms with Crippen LogP contribution in [0.25, 0.3) is 0 Å². The molecule has 34 heavy (non-hydrogen) atoms. The van der Waals surface area contributed by atoms with E-state index in [1.165, 1.54) is 44.9 Å². The van der Waals surface area contributed by atoms with Gasteiger partial charge in [0.15, 0.2) is 6.73 Å². The van der Waals surface area contributed by atoms with E-state index < -0.39 is 0 Å². The van der Waals surface area contributed by atoms with Gasteiger partial charge in [-0.15, -0.1) is 0 Å². The van der Waals surface area contributed by atoms with Gasteiger partial charge in [-0.25, -0.2) is 0 Å². The number of carbonyl (C=O) groups excluding carboxylic acids is 2. The molecule has 5 heteroatoms. The third-order valence-corrected chi connectivity index (χ3v) is 6.34. The molecular formula is C29H39NO4. The minimum absolute atomic E-state index is 0.0245. The molecule has 0 aliphatic carbocycles. The van der Waals surface area contributed by atoms with E-state index >= 15 is 0 Å². The number of fused-ring (bicyclic) bond motifs is 1. The summed E-state index contributed by atoms with van der Waals surface area (Å²) in [6.45, 7) is 2.66. The number of unbranched alkanes of at least 4 members (excludes halogenated alkanes) is 8. The normalized spacial score (nSPS) is 13.0. The summed E-state index contributed by atoms with van der Waals surface area (Å²) in [6, 6.07) is 15.8. The van der Waals surface area contributed by atoms with Crippen molar-refractivity contribution in [2.45, 2.75) is 90.6 Å². The highest BCUT2D eigenvalue weighted by atomic mass is 16.5. The molecule has 184 valence electrons. The monoisotopic (exact) mass is 465 g/mol. The van der Waals surface area contributed by atoms with Crippen molar-refractivity contribution < 1.29 is 19.1 Å². The number of aryl methyl sites for hydroxylation is 1. The van der Waals surface area contributed by atoms with Crippen molar-refractivity contribution in [1.82, 2.24) is 0 Å². The number of esters is 1. The van der Waals surface area contributed by atoms with Gasteiger partial charge in [-0.3, -0.25) is 14.5 Å². The van der Waals surface area contributed by atoms with E-state index in [4.69, 9.17) is 9.47 Å². The molecule has 2 aromatic rings. The Kier molecular flexibility index (Phi) is 11.0. The molecule has 0 radical (unpaired) electrons. The Bertz CT molecular complexity index is 896. The number of hydrogen-bond acceptors (Lipinski definition) is 4. The maximum atomic E-state index is 12.6. The van der Waals surface area contributed by atoms with Crippen LogP contribution in [0.4, 0.5) is 5.69 Å². The molecule has 0 N–H and O–H groups in total. The topological polar surface area (TPSA) is 55.8 Å². The van der Waals surface area contributed by atoms with Gasteiger partial charge in [0.2, 0.25) is 5.91 Å². The number of carbonyl (C=O) groups is 2. The number of anilines is 1. The predicted molar refractivity (Wildman–Crippen MR) is 136 cm³/mol. The molecule has 1 heterocycles. The highest BCUT2D eigenvalue weighted by Gasteiger charge is 2.25. The van der Waals surface area contributed by atoms with E-state index in [1.54, 1.807) is 4.90 Å². The smallest absolute Gasteiger partial charge is 0.307 e. The summed E-state index contributed by atoms with van der Waals surface area (Å²) >= 11 is 0. The molecule has 2 aromatic carbocycles. The van der Waals surface area contributed by atoms with Crippen LogP contribution in [0.5, 0.6) is 5.75 Å². The molecule has 0 bridgehead atoms. The Morgan fingerprint density at radius 3 is 2.32 bits per heavy atom. The largest absolute Gasteiger partial charge is 0.489 e. The number of rotatable bonds is 15. The lowest BCUT2D eigenvalue weighted by Gasteiger charge is -2.29. The maximum Gasteiger partial charge on any atom is 0.307 e. The highest BCUT2D eigenvalue weighted by Crippen LogP contribution is 2.32. The summed E-state index contributed by atoms with van der Waals surface area (Å²) in [6.07, 6.45) is 12.4. The Morgan fingerprint density at radius 2 is 1.59 bits per heavy atom. The van der Waals surface area contributed by atoms with Crippen LogP contribution in [0.15, 0.2) is 48.5 Å². The van der Waals surface area contributed by atoms with Crippen LogP contribution in [0.1, 0.15) is 88.7 Å². The lowest BCUT2D eigenvalue weighted by atomic mass is 10.0. The highest BCUT2D eigenvalue weighted by molar-refractivity contribution is 5.96. The van der Waals surface area contributed by atoms with Crippen LogP contribution < -0.4 is 9.64 Å². The molecule has 1 aliphatic rings. The summed E-state index contributed by atoms with van der Waals surface area (Å²) in [5.41, 5.74) is 2.93. The average molecular weight is 466 g/mol. The van der Waals surface area contributed by atoms with Crippen molar-refractivity contribution in [3.8, 4) is 5.75 Å². The van der Waals surface area contributed by atoms with E-state index in [1.807, 2.05) is 48.5 Å². The second kappa shape index (κ2) is 14.4. The van der Waals surface area contributed by atoms with Crippen LogP contribution in [0.3, 0.4) is 0 Å². The van der Waals surface area contributed by atoms with Gasteiger partial charge in [-0.05, 0) is 30.0 Å². The Morgan fingerprint density at radius 1 is 0.882 bits per heavy atom. The van der Waals surface area contributed by atoms with Crippen LogP contribution in [0.2, 0.25) is 0 Å². The van der Waals surface area contributed by atoms with Gasteiger partial charge >= 0.3 is 5.97 Å². The van der Waals surface area contributed by atoms with Crippen LogP contribution >= 0.6 is 0 Å². The first-order valence-electron chi connectivity index (χ1n) is 12.9. The molecule has 1 amide bonds. The second-order valence-electron chi connectivity index (χ2n) is 9.11. The molecule has 0 atom stereocenters. The number of ether oxygens (including phenoxy) is 2. The lowest BCUT2D eigenvalue weighted by molar-refractivity contribution is -0.144. The number of benzene rings is 2. The first-order valence-corrected chi connectivity index (χ1v) is 12.9. The fourth-order valence-corrected chi connectivity index (χ4v) is 4.28. The van der Waals surface area contributed by atoms with E-state index in [0.29, 0.717) is 31.6 Å². The average Bonchev–Trinajstić information content (AvgIpc) is 2.86. The SMILES string of the molecule is CCCCCCCCCCCC(=O)OCN1C(=O)CCc2ccc(OCc3ccccc3)cc21. The Balaban J connectivity index is 1.42. The molecule has 5 nitrogen and oxygen atoms in total. The summed E-state index contributed by atoms with van der Waals surface area (Å²) in [5, 5.41) is 0. The van der Waals surface area contributed by atoms with Crippen molar-refractivity contribution in [1.29, 1.82) is 0 Å². The van der Waals surface area contributed by atoms with Gasteiger partial charge in [0.05, 0.1) is 5.69 Å². The zero-order valence-corrected chi connectivity index (χ0v) is 20.6. The van der Waals surface area contributed by atoms with Crippen molar-refractivity contribution in [2.24, 2.45) is 0 Å². The summed E-state index contributed by atoms with van der Waals surface area (Å²) < 4.78 is 11.4. The first kappa shape index (κ1) is 25.8. The standard InChI is InChI=1S/C29H39NO4/c1-2-3-4-5-6-7-8-9-13-16-29(32)34-23-30-27-21-26(19-17-25(27)18-20-28(30)31)33-22-24-14-11-10-12-15-24/h10-12,14-15,17,19,21H,2-9,13,16,18,20,22-23H2,1H3. The minimum Gasteiger partial charge on any atom is -0.489 e. The zero-order valence-electron chi connectivity index (χ0n) is 20.6. The van der Waals surface area contributed by atoms with Crippen molar-refractivity contribution in [3.63, 3.8) is 0 Å². The van der Waals surface area contributed by atoms with E-state index in [9.17, 15) is 9.59 Å². The molecule has 3 rings (SSSR count). The first-order chi connectivity index (χ1) is 16.7. The Hall–Kier alpha value is -2.82. The number of nitrogens with zero attached hydrogens (tertiary/aromatic N) is 1. The van der Waals surface area contributed by atoms with Gasteiger partial charge < -0.3 is 9.47 Å².